The number of alkyl halides is 2. The molecule has 3 N–H and O–H groups in total. The third kappa shape index (κ3) is 11.4. The Kier molecular flexibility index (Phi) is 15.3. The Morgan fingerprint density at radius 1 is 1.15 bits per heavy atom. The number of allylic oxidation sites excluding steroid dienone is 1. The van der Waals surface area contributed by atoms with E-state index in [1.807, 2.05) is 56.1 Å². The number of hydrogen-bond acceptors (Lipinski definition) is 7. The Morgan fingerprint density at radius 3 is 2.66 bits per heavy atom. The highest BCUT2D eigenvalue weighted by molar-refractivity contribution is 8.18. The number of aliphatic imine (C=N–C) groups is 2. The van der Waals surface area contributed by atoms with Gasteiger partial charge in [0.05, 0.1) is 33.6 Å². The van der Waals surface area contributed by atoms with Crippen molar-refractivity contribution in [3.63, 3.8) is 0 Å². The molecular formula is C39H52Cl2N8O3S. The van der Waals surface area contributed by atoms with Crippen LogP contribution in [0.3, 0.4) is 0 Å². The van der Waals surface area contributed by atoms with Crippen LogP contribution in [0.15, 0.2) is 63.4 Å². The van der Waals surface area contributed by atoms with Gasteiger partial charge in [0.15, 0.2) is 0 Å². The van der Waals surface area contributed by atoms with Crippen molar-refractivity contribution in [3.8, 4) is 5.75 Å². The number of hydrogen-bond donors (Lipinski definition) is 2. The van der Waals surface area contributed by atoms with Crippen molar-refractivity contribution in [2.24, 2.45) is 28.7 Å². The second kappa shape index (κ2) is 20.1. The fourth-order valence-corrected chi connectivity index (χ4v) is 8.04. The van der Waals surface area contributed by atoms with Crippen LogP contribution in [-0.2, 0) is 23.1 Å². The van der Waals surface area contributed by atoms with Crippen LogP contribution in [0.1, 0.15) is 69.8 Å². The normalized spacial score (nSPS) is 16.6. The minimum absolute atomic E-state index is 0.0911. The monoisotopic (exact) mass is 782 g/mol. The lowest BCUT2D eigenvalue weighted by atomic mass is 9.93. The van der Waals surface area contributed by atoms with Gasteiger partial charge in [0.2, 0.25) is 11.9 Å². The fraction of sp³-hybridized carbons (Fsp3) is 0.513. The summed E-state index contributed by atoms with van der Waals surface area (Å²) >= 11 is 13.4. The highest BCUT2D eigenvalue weighted by Gasteiger charge is 2.23. The number of nitrogens with two attached hydrogens (primary N) is 1. The van der Waals surface area contributed by atoms with Crippen molar-refractivity contribution in [2.45, 2.75) is 64.8 Å². The maximum Gasteiger partial charge on any atom is 0.257 e. The molecule has 2 amide bonds. The summed E-state index contributed by atoms with van der Waals surface area (Å²) < 4.78 is 8.28. The molecule has 0 saturated carbocycles. The van der Waals surface area contributed by atoms with E-state index in [0.29, 0.717) is 48.6 Å². The summed E-state index contributed by atoms with van der Waals surface area (Å²) in [6.45, 7) is 8.10. The quantitative estimate of drug-likeness (QED) is 0.0874. The number of imidazole rings is 1. The van der Waals surface area contributed by atoms with Crippen LogP contribution in [0.4, 0.5) is 5.69 Å². The minimum Gasteiger partial charge on any atom is -0.494 e. The summed E-state index contributed by atoms with van der Waals surface area (Å²) in [5.74, 6) is 3.70. The average molecular weight is 784 g/mol. The van der Waals surface area contributed by atoms with Crippen LogP contribution in [0.5, 0.6) is 5.75 Å². The lowest BCUT2D eigenvalue weighted by Gasteiger charge is -2.32. The van der Waals surface area contributed by atoms with Crippen molar-refractivity contribution in [3.05, 3.63) is 64.8 Å². The molecule has 1 aromatic heterocycles. The van der Waals surface area contributed by atoms with E-state index in [9.17, 15) is 9.59 Å². The number of anilines is 1. The van der Waals surface area contributed by atoms with Gasteiger partial charge in [0.25, 0.3) is 5.91 Å². The topological polar surface area (TPSA) is 130 Å². The number of carbonyl (C=O) groups is 2. The lowest BCUT2D eigenvalue weighted by molar-refractivity contribution is -0.132. The van der Waals surface area contributed by atoms with Gasteiger partial charge in [-0.15, -0.1) is 23.2 Å². The van der Waals surface area contributed by atoms with Gasteiger partial charge in [0.1, 0.15) is 11.6 Å². The molecule has 3 heterocycles. The summed E-state index contributed by atoms with van der Waals surface area (Å²) in [7, 11) is 2.04. The number of piperidine rings is 1. The number of carbonyl (C=O) groups excluding carboxylic acids is 2. The molecule has 3 aromatic rings. The molecule has 2 aliphatic heterocycles. The van der Waals surface area contributed by atoms with E-state index < -0.39 is 0 Å². The first-order valence-corrected chi connectivity index (χ1v) is 20.5. The smallest absolute Gasteiger partial charge is 0.257 e. The number of amides is 2. The van der Waals surface area contributed by atoms with E-state index in [0.717, 1.165) is 97.2 Å². The first kappa shape index (κ1) is 40.4. The van der Waals surface area contributed by atoms with E-state index in [4.69, 9.17) is 38.7 Å². The number of nitrogens with zero attached hydrogens (tertiary/aromatic N) is 6. The van der Waals surface area contributed by atoms with Gasteiger partial charge in [-0.3, -0.25) is 9.59 Å². The molecule has 11 nitrogen and oxygen atoms in total. The number of aromatic nitrogens is 2. The average Bonchev–Trinajstić information content (AvgIpc) is 3.75. The maximum absolute atomic E-state index is 13.1. The Morgan fingerprint density at radius 2 is 1.92 bits per heavy atom. The highest BCUT2D eigenvalue weighted by Crippen LogP contribution is 2.29. The second-order valence-electron chi connectivity index (χ2n) is 13.4. The van der Waals surface area contributed by atoms with Gasteiger partial charge in [-0.05, 0) is 81.3 Å². The molecule has 0 radical (unpaired) electrons. The zero-order valence-electron chi connectivity index (χ0n) is 31.0. The van der Waals surface area contributed by atoms with Crippen molar-refractivity contribution in [1.29, 1.82) is 0 Å². The van der Waals surface area contributed by atoms with E-state index in [2.05, 4.69) is 43.0 Å². The SMILES string of the molecule is CCNC(=O)C1=CCC(=NC(N)=NC(C)c2cccc(OCCC3CCN(C(=O)CCCc4nc5cc(N(CCCl)CCCl)ccc5n4C)CC3)c2)S1. The molecule has 1 atom stereocenters. The number of nitrogens with one attached hydrogen (secondary N) is 1. The molecule has 53 heavy (non-hydrogen) atoms. The standard InChI is InChI=1S/C39H52Cl2N8O3S/c1-4-43-38(51)34-13-14-36(53-34)46-39(42)44-27(2)29-7-5-8-31(25-29)52-24-17-28-15-20-49(21-16-28)37(50)10-6-9-35-45-32-26-30(11-12-33(32)47(35)3)48(22-18-40)23-19-41/h5,7-8,11-13,25-28H,4,6,9-10,14-24H2,1-3H3,(H2,42,44)(H,43,51). The Labute approximate surface area is 327 Å². The van der Waals surface area contributed by atoms with Crippen LogP contribution in [0.2, 0.25) is 0 Å². The number of thioether (sulfide) groups is 1. The number of fused-ring (bicyclic) bond motifs is 1. The largest absolute Gasteiger partial charge is 0.494 e. The number of benzene rings is 2. The lowest BCUT2D eigenvalue weighted by Crippen LogP contribution is -2.38. The van der Waals surface area contributed by atoms with Gasteiger partial charge >= 0.3 is 0 Å². The highest BCUT2D eigenvalue weighted by atomic mass is 35.5. The number of rotatable bonds is 17. The van der Waals surface area contributed by atoms with Crippen LogP contribution >= 0.6 is 35.0 Å². The molecule has 0 spiro atoms. The Balaban J connectivity index is 1.01. The number of aryl methyl sites for hydroxylation is 2. The van der Waals surface area contributed by atoms with Crippen molar-refractivity contribution in [1.82, 2.24) is 19.8 Å². The molecule has 5 rings (SSSR count). The summed E-state index contributed by atoms with van der Waals surface area (Å²) in [6.07, 6.45) is 7.38. The van der Waals surface area contributed by atoms with Gasteiger partial charge in [-0.2, -0.15) is 0 Å². The molecule has 2 aromatic carbocycles. The van der Waals surface area contributed by atoms with Gasteiger partial charge < -0.3 is 30.2 Å². The van der Waals surface area contributed by atoms with E-state index >= 15 is 0 Å². The molecular weight excluding hydrogens is 731 g/mol. The van der Waals surface area contributed by atoms with Crippen molar-refractivity contribution in [2.75, 3.05) is 56.0 Å². The molecule has 14 heteroatoms. The van der Waals surface area contributed by atoms with E-state index in [1.165, 1.54) is 11.8 Å². The van der Waals surface area contributed by atoms with Crippen LogP contribution in [0.25, 0.3) is 11.0 Å². The first-order chi connectivity index (χ1) is 25.7. The molecule has 286 valence electrons. The fourth-order valence-electron chi connectivity index (χ4n) is 6.74. The predicted molar refractivity (Wildman–Crippen MR) is 220 cm³/mol. The van der Waals surface area contributed by atoms with Crippen LogP contribution in [-0.4, -0.2) is 88.4 Å². The maximum atomic E-state index is 13.1. The third-order valence-electron chi connectivity index (χ3n) is 9.74. The molecule has 0 aliphatic carbocycles. The number of halogens is 2. The Hall–Kier alpha value is -3.74. The second-order valence-corrected chi connectivity index (χ2v) is 15.3. The summed E-state index contributed by atoms with van der Waals surface area (Å²) in [6, 6.07) is 14.0. The van der Waals surface area contributed by atoms with Crippen LogP contribution < -0.4 is 20.7 Å². The van der Waals surface area contributed by atoms with Gasteiger partial charge in [-0.25, -0.2) is 15.0 Å². The van der Waals surface area contributed by atoms with Gasteiger partial charge in [0, 0.05) is 76.5 Å². The molecule has 1 unspecified atom stereocenters. The number of guanidine groups is 1. The predicted octanol–water partition coefficient (Wildman–Crippen LogP) is 6.82. The zero-order chi connectivity index (χ0) is 37.7. The number of likely N-dealkylation sites (N-methyl/N-ethyl adjacent to an activating group) is 1. The molecule has 1 saturated heterocycles. The summed E-state index contributed by atoms with van der Waals surface area (Å²) in [5, 5.41) is 3.56. The molecule has 1 fully saturated rings. The van der Waals surface area contributed by atoms with Crippen LogP contribution in [0, 0.1) is 5.92 Å². The molecule has 0 bridgehead atoms. The van der Waals surface area contributed by atoms with Gasteiger partial charge in [-0.1, -0.05) is 30.0 Å². The number of ether oxygens (including phenoxy) is 1. The number of likely N-dealkylation sites (tertiary alicyclic amines) is 1. The third-order valence-corrected chi connectivity index (χ3v) is 11.1. The minimum atomic E-state index is -0.206. The summed E-state index contributed by atoms with van der Waals surface area (Å²) in [5.41, 5.74) is 10.2. The van der Waals surface area contributed by atoms with E-state index in [-0.39, 0.29) is 23.8 Å². The van der Waals surface area contributed by atoms with E-state index in [1.54, 1.807) is 0 Å². The summed E-state index contributed by atoms with van der Waals surface area (Å²) in [4.78, 5) is 43.9. The first-order valence-electron chi connectivity index (χ1n) is 18.6. The van der Waals surface area contributed by atoms with Crippen molar-refractivity contribution < 1.29 is 14.3 Å². The molecule has 2 aliphatic rings. The van der Waals surface area contributed by atoms with Crippen molar-refractivity contribution >= 4 is 74.5 Å². The zero-order valence-corrected chi connectivity index (χ0v) is 33.4. The Bertz CT molecular complexity index is 1800.